The molecule has 0 radical (unpaired) electrons. The highest BCUT2D eigenvalue weighted by Crippen LogP contribution is 2.37. The van der Waals surface area contributed by atoms with Gasteiger partial charge in [0.15, 0.2) is 0 Å². The van der Waals surface area contributed by atoms with Crippen LogP contribution in [0.5, 0.6) is 0 Å². The van der Waals surface area contributed by atoms with Crippen LogP contribution in [0.15, 0.2) is 0 Å². The maximum Gasteiger partial charge on any atom is 0.310 e. The quantitative estimate of drug-likeness (QED) is 0.836. The molecule has 0 aromatic carbocycles. The number of ether oxygens (including phenoxy) is 1. The van der Waals surface area contributed by atoms with Gasteiger partial charge in [-0.15, -0.1) is 0 Å². The molecule has 0 bridgehead atoms. The third kappa shape index (κ3) is 3.04. The Balaban J connectivity index is 1.98. The summed E-state index contributed by atoms with van der Waals surface area (Å²) in [6.45, 7) is 5.36. The molecule has 1 heterocycles. The largest absolute Gasteiger partial charge is 0.481 e. The summed E-state index contributed by atoms with van der Waals surface area (Å²) in [5.74, 6) is -0.596. The van der Waals surface area contributed by atoms with Gasteiger partial charge in [0.25, 0.3) is 0 Å². The summed E-state index contributed by atoms with van der Waals surface area (Å²) in [5, 5.41) is 9.58. The van der Waals surface area contributed by atoms with Crippen molar-refractivity contribution in [1.82, 2.24) is 4.90 Å². The number of rotatable bonds is 4. The Morgan fingerprint density at radius 1 is 1.39 bits per heavy atom. The van der Waals surface area contributed by atoms with Gasteiger partial charge in [0.2, 0.25) is 0 Å². The van der Waals surface area contributed by atoms with E-state index in [0.29, 0.717) is 6.54 Å². The average Bonchev–Trinajstić information content (AvgIpc) is 2.40. The van der Waals surface area contributed by atoms with Crippen LogP contribution in [0.1, 0.15) is 45.4 Å². The Hall–Kier alpha value is -0.610. The molecule has 104 valence electrons. The van der Waals surface area contributed by atoms with E-state index in [1.807, 2.05) is 0 Å². The zero-order chi connectivity index (χ0) is 13.0. The molecular formula is C14H25NO3. The van der Waals surface area contributed by atoms with Crippen LogP contribution in [-0.4, -0.2) is 48.3 Å². The van der Waals surface area contributed by atoms with Crippen molar-refractivity contribution in [2.24, 2.45) is 5.41 Å². The Kier molecular flexibility index (Phi) is 4.62. The predicted molar refractivity (Wildman–Crippen MR) is 69.6 cm³/mol. The van der Waals surface area contributed by atoms with E-state index >= 15 is 0 Å². The topological polar surface area (TPSA) is 49.8 Å². The van der Waals surface area contributed by atoms with Crippen LogP contribution in [0.3, 0.4) is 0 Å². The monoisotopic (exact) mass is 255 g/mol. The Labute approximate surface area is 109 Å². The first-order valence-electron chi connectivity index (χ1n) is 7.24. The number of aliphatic carboxylic acids is 1. The zero-order valence-electron chi connectivity index (χ0n) is 11.4. The van der Waals surface area contributed by atoms with Crippen molar-refractivity contribution >= 4 is 5.97 Å². The van der Waals surface area contributed by atoms with E-state index in [0.717, 1.165) is 51.8 Å². The fourth-order valence-electron chi connectivity index (χ4n) is 3.27. The highest BCUT2D eigenvalue weighted by Gasteiger charge is 2.41. The summed E-state index contributed by atoms with van der Waals surface area (Å²) in [5.41, 5.74) is -0.492. The number of nitrogens with zero attached hydrogens (tertiary/aromatic N) is 1. The molecule has 1 aliphatic carbocycles. The lowest BCUT2D eigenvalue weighted by Crippen LogP contribution is -2.50. The van der Waals surface area contributed by atoms with Crippen molar-refractivity contribution in [2.45, 2.75) is 51.6 Å². The lowest BCUT2D eigenvalue weighted by Gasteiger charge is -2.40. The van der Waals surface area contributed by atoms with Gasteiger partial charge in [-0.05, 0) is 19.3 Å². The smallest absolute Gasteiger partial charge is 0.310 e. The maximum absolute atomic E-state index is 11.6. The lowest BCUT2D eigenvalue weighted by atomic mass is 9.73. The summed E-state index contributed by atoms with van der Waals surface area (Å²) >= 11 is 0. The number of morpholine rings is 1. The number of carbonyl (C=O) groups is 1. The van der Waals surface area contributed by atoms with Gasteiger partial charge in [0.1, 0.15) is 0 Å². The molecule has 2 rings (SSSR count). The second kappa shape index (κ2) is 6.02. The highest BCUT2D eigenvalue weighted by atomic mass is 16.5. The fraction of sp³-hybridized carbons (Fsp3) is 0.929. The summed E-state index contributed by atoms with van der Waals surface area (Å²) in [6.07, 6.45) is 6.30. The van der Waals surface area contributed by atoms with Gasteiger partial charge in [-0.2, -0.15) is 0 Å². The van der Waals surface area contributed by atoms with E-state index in [1.165, 1.54) is 6.42 Å². The summed E-state index contributed by atoms with van der Waals surface area (Å²) in [4.78, 5) is 13.9. The van der Waals surface area contributed by atoms with Gasteiger partial charge in [-0.25, -0.2) is 0 Å². The molecule has 0 spiro atoms. The SMILES string of the molecule is CCC1CN(CC2(C(=O)O)CCCCC2)CCO1. The number of carboxylic acid groups (broad SMARTS) is 1. The molecule has 18 heavy (non-hydrogen) atoms. The van der Waals surface area contributed by atoms with Gasteiger partial charge >= 0.3 is 5.97 Å². The molecule has 1 saturated carbocycles. The first-order valence-corrected chi connectivity index (χ1v) is 7.24. The molecule has 1 aliphatic heterocycles. The van der Waals surface area contributed by atoms with E-state index in [-0.39, 0.29) is 6.10 Å². The maximum atomic E-state index is 11.6. The van der Waals surface area contributed by atoms with E-state index in [2.05, 4.69) is 11.8 Å². The first-order chi connectivity index (χ1) is 8.66. The normalized spacial score (nSPS) is 29.1. The molecule has 0 amide bonds. The van der Waals surface area contributed by atoms with Gasteiger partial charge in [-0.3, -0.25) is 9.69 Å². The first kappa shape index (κ1) is 13.8. The lowest BCUT2D eigenvalue weighted by molar-refractivity contribution is -0.154. The van der Waals surface area contributed by atoms with E-state index in [4.69, 9.17) is 4.74 Å². The van der Waals surface area contributed by atoms with Crippen LogP contribution in [0.4, 0.5) is 0 Å². The van der Waals surface area contributed by atoms with Gasteiger partial charge in [0.05, 0.1) is 18.1 Å². The van der Waals surface area contributed by atoms with Crippen molar-refractivity contribution < 1.29 is 14.6 Å². The number of hydrogen-bond acceptors (Lipinski definition) is 3. The molecule has 2 aliphatic rings. The third-order valence-corrected chi connectivity index (χ3v) is 4.47. The molecule has 2 fully saturated rings. The molecule has 1 unspecified atom stereocenters. The van der Waals surface area contributed by atoms with Crippen molar-refractivity contribution in [2.75, 3.05) is 26.2 Å². The third-order valence-electron chi connectivity index (χ3n) is 4.47. The van der Waals surface area contributed by atoms with Gasteiger partial charge in [-0.1, -0.05) is 26.2 Å². The molecular weight excluding hydrogens is 230 g/mol. The van der Waals surface area contributed by atoms with Crippen molar-refractivity contribution in [3.05, 3.63) is 0 Å². The molecule has 0 aromatic heterocycles. The van der Waals surface area contributed by atoms with E-state index < -0.39 is 11.4 Å². The van der Waals surface area contributed by atoms with Crippen LogP contribution >= 0.6 is 0 Å². The number of hydrogen-bond donors (Lipinski definition) is 1. The summed E-state index contributed by atoms with van der Waals surface area (Å²) in [7, 11) is 0. The molecule has 1 N–H and O–H groups in total. The van der Waals surface area contributed by atoms with Gasteiger partial charge in [0, 0.05) is 19.6 Å². The van der Waals surface area contributed by atoms with E-state index in [1.54, 1.807) is 0 Å². The highest BCUT2D eigenvalue weighted by molar-refractivity contribution is 5.75. The van der Waals surface area contributed by atoms with Crippen LogP contribution < -0.4 is 0 Å². The minimum absolute atomic E-state index is 0.285. The van der Waals surface area contributed by atoms with Crippen LogP contribution in [0.25, 0.3) is 0 Å². The summed E-state index contributed by atoms with van der Waals surface area (Å²) in [6, 6.07) is 0. The Bertz CT molecular complexity index is 287. The zero-order valence-corrected chi connectivity index (χ0v) is 11.4. The average molecular weight is 255 g/mol. The second-order valence-corrected chi connectivity index (χ2v) is 5.78. The Morgan fingerprint density at radius 3 is 2.72 bits per heavy atom. The standard InChI is InChI=1S/C14H25NO3/c1-2-12-10-15(8-9-18-12)11-14(13(16)17)6-4-3-5-7-14/h12H,2-11H2,1H3,(H,16,17). The number of carboxylic acids is 1. The van der Waals surface area contributed by atoms with Crippen LogP contribution in [0.2, 0.25) is 0 Å². The van der Waals surface area contributed by atoms with E-state index in [9.17, 15) is 9.90 Å². The van der Waals surface area contributed by atoms with Gasteiger partial charge < -0.3 is 9.84 Å². The fourth-order valence-corrected chi connectivity index (χ4v) is 3.27. The molecule has 0 aromatic rings. The predicted octanol–water partition coefficient (Wildman–Crippen LogP) is 2.13. The molecule has 1 atom stereocenters. The van der Waals surface area contributed by atoms with Crippen molar-refractivity contribution in [3.8, 4) is 0 Å². The van der Waals surface area contributed by atoms with Crippen molar-refractivity contribution in [1.29, 1.82) is 0 Å². The van der Waals surface area contributed by atoms with Crippen molar-refractivity contribution in [3.63, 3.8) is 0 Å². The van der Waals surface area contributed by atoms with Crippen LogP contribution in [-0.2, 0) is 9.53 Å². The minimum Gasteiger partial charge on any atom is -0.481 e. The molecule has 4 heteroatoms. The minimum atomic E-state index is -0.596. The second-order valence-electron chi connectivity index (χ2n) is 5.78. The van der Waals surface area contributed by atoms with Crippen LogP contribution in [0, 0.1) is 5.41 Å². The molecule has 4 nitrogen and oxygen atoms in total. The Morgan fingerprint density at radius 2 is 2.11 bits per heavy atom. The summed E-state index contributed by atoms with van der Waals surface area (Å²) < 4.78 is 5.65. The molecule has 1 saturated heterocycles.